The molecule has 1 amide bonds. The second kappa shape index (κ2) is 7.59. The van der Waals surface area contributed by atoms with Crippen LogP contribution in [0.1, 0.15) is 9.67 Å². The molecule has 1 rings (SSSR count). The van der Waals surface area contributed by atoms with Crippen molar-refractivity contribution in [3.63, 3.8) is 0 Å². The van der Waals surface area contributed by atoms with E-state index in [9.17, 15) is 4.79 Å². The molecular formula is C11H19N3O3S2. The van der Waals surface area contributed by atoms with Gasteiger partial charge in [-0.3, -0.25) is 4.79 Å². The number of anilines is 2. The Bertz CT molecular complexity index is 437. The predicted octanol–water partition coefficient (Wildman–Crippen LogP) is 1.22. The average Bonchev–Trinajstić information content (AvgIpc) is 2.71. The van der Waals surface area contributed by atoms with Gasteiger partial charge < -0.3 is 26.3 Å². The number of methoxy groups -OCH3 is 2. The number of amides is 1. The zero-order valence-corrected chi connectivity index (χ0v) is 12.8. The highest BCUT2D eigenvalue weighted by molar-refractivity contribution is 7.99. The molecule has 0 aliphatic rings. The van der Waals surface area contributed by atoms with E-state index in [2.05, 4.69) is 5.32 Å². The van der Waals surface area contributed by atoms with Crippen LogP contribution in [0.4, 0.5) is 10.7 Å². The van der Waals surface area contributed by atoms with Crippen LogP contribution in [0.15, 0.2) is 4.90 Å². The summed E-state index contributed by atoms with van der Waals surface area (Å²) in [6, 6.07) is 0. The Morgan fingerprint density at radius 1 is 1.53 bits per heavy atom. The number of nitrogens with one attached hydrogen (secondary N) is 1. The van der Waals surface area contributed by atoms with Crippen molar-refractivity contribution in [1.29, 1.82) is 0 Å². The summed E-state index contributed by atoms with van der Waals surface area (Å²) < 4.78 is 10.3. The topological polar surface area (TPSA) is 99.6 Å². The quantitative estimate of drug-likeness (QED) is 0.625. The van der Waals surface area contributed by atoms with Crippen LogP contribution in [0.2, 0.25) is 0 Å². The first kappa shape index (κ1) is 16.1. The van der Waals surface area contributed by atoms with Crippen LogP contribution in [-0.2, 0) is 9.47 Å². The number of hydrogen-bond acceptors (Lipinski definition) is 7. The number of carbonyl (C=O) groups is 1. The van der Waals surface area contributed by atoms with E-state index >= 15 is 0 Å². The second-order valence-electron chi connectivity index (χ2n) is 3.77. The molecule has 6 nitrogen and oxygen atoms in total. The third-order valence-corrected chi connectivity index (χ3v) is 4.64. The summed E-state index contributed by atoms with van der Waals surface area (Å²) in [5.74, 6) is -0.508. The van der Waals surface area contributed by atoms with Gasteiger partial charge in [0.1, 0.15) is 9.88 Å². The fourth-order valence-electron chi connectivity index (χ4n) is 1.53. The Labute approximate surface area is 120 Å². The van der Waals surface area contributed by atoms with Gasteiger partial charge in [-0.15, -0.1) is 23.1 Å². The van der Waals surface area contributed by atoms with Gasteiger partial charge in [0.05, 0.1) is 23.3 Å². The lowest BCUT2D eigenvalue weighted by atomic mass is 10.3. The molecule has 0 aliphatic heterocycles. The summed E-state index contributed by atoms with van der Waals surface area (Å²) in [6.07, 6.45) is 1.83. The Hall–Kier alpha value is -0.960. The first-order valence-electron chi connectivity index (χ1n) is 5.56. The number of thiophene rings is 1. The molecule has 0 saturated heterocycles. The van der Waals surface area contributed by atoms with Crippen LogP contribution < -0.4 is 16.8 Å². The first-order chi connectivity index (χ1) is 9.04. The molecule has 1 heterocycles. The third-order valence-electron chi connectivity index (χ3n) is 2.50. The Morgan fingerprint density at radius 3 is 2.68 bits per heavy atom. The normalized spacial score (nSPS) is 12.4. The number of primary amides is 1. The highest BCUT2D eigenvalue weighted by Gasteiger charge is 2.19. The van der Waals surface area contributed by atoms with Crippen molar-refractivity contribution in [1.82, 2.24) is 0 Å². The molecule has 1 aromatic rings. The molecule has 1 aromatic heterocycles. The van der Waals surface area contributed by atoms with Crippen molar-refractivity contribution in [2.24, 2.45) is 5.73 Å². The standard InChI is InChI=1S/C11H19N3O3S2/c1-16-5-6(17-2)4-14-11-9(18-3)7(12)8(19-11)10(13)15/h6,14H,4-5,12H2,1-3H3,(H2,13,15). The zero-order chi connectivity index (χ0) is 14.4. The number of thioether (sulfide) groups is 1. The molecule has 0 radical (unpaired) electrons. The molecule has 5 N–H and O–H groups in total. The van der Waals surface area contributed by atoms with Gasteiger partial charge in [0.15, 0.2) is 0 Å². The number of nitrogens with two attached hydrogens (primary N) is 2. The van der Waals surface area contributed by atoms with Crippen LogP contribution in [0.25, 0.3) is 0 Å². The lowest BCUT2D eigenvalue weighted by Gasteiger charge is -2.15. The largest absolute Gasteiger partial charge is 0.396 e. The molecular weight excluding hydrogens is 286 g/mol. The van der Waals surface area contributed by atoms with Crippen molar-refractivity contribution in [2.75, 3.05) is 44.7 Å². The maximum Gasteiger partial charge on any atom is 0.261 e. The van der Waals surface area contributed by atoms with Crippen LogP contribution in [0.3, 0.4) is 0 Å². The van der Waals surface area contributed by atoms with E-state index in [0.29, 0.717) is 23.7 Å². The SMILES string of the molecule is COCC(CNc1sc(C(N)=O)c(N)c1SC)OC. The molecule has 0 spiro atoms. The van der Waals surface area contributed by atoms with Gasteiger partial charge >= 0.3 is 0 Å². The van der Waals surface area contributed by atoms with Crippen molar-refractivity contribution in [2.45, 2.75) is 11.0 Å². The predicted molar refractivity (Wildman–Crippen MR) is 80.2 cm³/mol. The van der Waals surface area contributed by atoms with Crippen molar-refractivity contribution in [3.8, 4) is 0 Å². The number of ether oxygens (including phenoxy) is 2. The van der Waals surface area contributed by atoms with Crippen LogP contribution in [0, 0.1) is 0 Å². The monoisotopic (exact) mass is 305 g/mol. The highest BCUT2D eigenvalue weighted by Crippen LogP contribution is 2.41. The number of carbonyl (C=O) groups excluding carboxylic acids is 1. The van der Waals surface area contributed by atoms with Crippen molar-refractivity contribution in [3.05, 3.63) is 4.88 Å². The molecule has 0 aliphatic carbocycles. The van der Waals surface area contributed by atoms with Crippen LogP contribution in [0.5, 0.6) is 0 Å². The second-order valence-corrected chi connectivity index (χ2v) is 5.60. The van der Waals surface area contributed by atoms with Gasteiger partial charge in [-0.25, -0.2) is 0 Å². The van der Waals surface area contributed by atoms with E-state index in [1.807, 2.05) is 6.26 Å². The Kier molecular flexibility index (Phi) is 6.43. The van der Waals surface area contributed by atoms with E-state index in [4.69, 9.17) is 20.9 Å². The summed E-state index contributed by atoms with van der Waals surface area (Å²) in [5, 5.41) is 4.05. The molecule has 108 valence electrons. The molecule has 0 bridgehead atoms. The van der Waals surface area contributed by atoms with E-state index < -0.39 is 5.91 Å². The summed E-state index contributed by atoms with van der Waals surface area (Å²) in [5.41, 5.74) is 11.6. The summed E-state index contributed by atoms with van der Waals surface area (Å²) in [6.45, 7) is 1.05. The molecule has 8 heteroatoms. The Morgan fingerprint density at radius 2 is 2.21 bits per heavy atom. The molecule has 19 heavy (non-hydrogen) atoms. The molecule has 1 atom stereocenters. The van der Waals surface area contributed by atoms with Crippen LogP contribution >= 0.6 is 23.1 Å². The lowest BCUT2D eigenvalue weighted by Crippen LogP contribution is -2.26. The van der Waals surface area contributed by atoms with Gasteiger partial charge in [0.25, 0.3) is 5.91 Å². The van der Waals surface area contributed by atoms with Gasteiger partial charge in [-0.2, -0.15) is 0 Å². The lowest BCUT2D eigenvalue weighted by molar-refractivity contribution is 0.0366. The summed E-state index contributed by atoms with van der Waals surface area (Å²) in [4.78, 5) is 12.5. The van der Waals surface area contributed by atoms with Gasteiger partial charge in [-0.05, 0) is 6.26 Å². The first-order valence-corrected chi connectivity index (χ1v) is 7.60. The van der Waals surface area contributed by atoms with Crippen molar-refractivity contribution >= 4 is 39.7 Å². The molecule has 0 saturated carbocycles. The van der Waals surface area contributed by atoms with Gasteiger partial charge in [0, 0.05) is 20.8 Å². The maximum atomic E-state index is 11.3. The minimum atomic E-state index is -0.508. The molecule has 1 unspecified atom stereocenters. The smallest absolute Gasteiger partial charge is 0.261 e. The number of rotatable bonds is 8. The van der Waals surface area contributed by atoms with E-state index in [0.717, 1.165) is 9.90 Å². The zero-order valence-electron chi connectivity index (χ0n) is 11.2. The summed E-state index contributed by atoms with van der Waals surface area (Å²) >= 11 is 2.74. The van der Waals surface area contributed by atoms with E-state index in [-0.39, 0.29) is 6.10 Å². The maximum absolute atomic E-state index is 11.3. The molecule has 0 aromatic carbocycles. The highest BCUT2D eigenvalue weighted by atomic mass is 32.2. The van der Waals surface area contributed by atoms with E-state index in [1.165, 1.54) is 23.1 Å². The number of hydrogen-bond donors (Lipinski definition) is 3. The van der Waals surface area contributed by atoms with Crippen molar-refractivity contribution < 1.29 is 14.3 Å². The average molecular weight is 305 g/mol. The molecule has 0 fully saturated rings. The van der Waals surface area contributed by atoms with Crippen LogP contribution in [-0.4, -0.2) is 45.6 Å². The van der Waals surface area contributed by atoms with Gasteiger partial charge in [0.2, 0.25) is 0 Å². The van der Waals surface area contributed by atoms with Gasteiger partial charge in [-0.1, -0.05) is 0 Å². The Balaban J connectivity index is 2.83. The minimum Gasteiger partial charge on any atom is -0.396 e. The fourth-order valence-corrected chi connectivity index (χ4v) is 3.43. The fraction of sp³-hybridized carbons (Fsp3) is 0.545. The van der Waals surface area contributed by atoms with E-state index in [1.54, 1.807) is 14.2 Å². The third kappa shape index (κ3) is 4.00. The number of nitrogen functional groups attached to an aromatic ring is 1. The minimum absolute atomic E-state index is 0.0694. The summed E-state index contributed by atoms with van der Waals surface area (Å²) in [7, 11) is 3.24.